The molecule has 2 heterocycles. The van der Waals surface area contributed by atoms with E-state index in [1.165, 1.54) is 6.92 Å². The molecule has 1 aromatic rings. The van der Waals surface area contributed by atoms with Gasteiger partial charge in [0.05, 0.1) is 4.87 Å². The van der Waals surface area contributed by atoms with Crippen molar-refractivity contribution in [3.05, 3.63) is 29.8 Å². The summed E-state index contributed by atoms with van der Waals surface area (Å²) >= 11 is 1.57. The Morgan fingerprint density at radius 2 is 2.00 bits per heavy atom. The van der Waals surface area contributed by atoms with Crippen LogP contribution in [0.2, 0.25) is 0 Å². The van der Waals surface area contributed by atoms with Crippen LogP contribution in [0.4, 0.5) is 5.69 Å². The fourth-order valence-electron chi connectivity index (χ4n) is 3.21. The molecular formula is C18H20N2O5S. The number of nitrogens with one attached hydrogen (secondary N) is 1. The van der Waals surface area contributed by atoms with Crippen LogP contribution >= 0.6 is 11.8 Å². The van der Waals surface area contributed by atoms with Crippen LogP contribution in [0.1, 0.15) is 37.0 Å². The Balaban J connectivity index is 1.52. The molecule has 26 heavy (non-hydrogen) atoms. The predicted octanol–water partition coefficient (Wildman–Crippen LogP) is 1.82. The van der Waals surface area contributed by atoms with E-state index >= 15 is 0 Å². The molecule has 1 aromatic carbocycles. The van der Waals surface area contributed by atoms with Crippen LogP contribution in [-0.4, -0.2) is 51.7 Å². The maximum absolute atomic E-state index is 12.3. The van der Waals surface area contributed by atoms with E-state index in [2.05, 4.69) is 5.32 Å². The molecule has 0 aromatic heterocycles. The van der Waals surface area contributed by atoms with E-state index in [0.29, 0.717) is 23.4 Å². The topological polar surface area (TPSA) is 92.8 Å². The van der Waals surface area contributed by atoms with Crippen LogP contribution in [0.15, 0.2) is 24.3 Å². The maximum atomic E-state index is 12.3. The molecule has 1 N–H and O–H groups in total. The van der Waals surface area contributed by atoms with E-state index in [1.54, 1.807) is 40.9 Å². The summed E-state index contributed by atoms with van der Waals surface area (Å²) in [6, 6.07) is 5.80. The van der Waals surface area contributed by atoms with Crippen molar-refractivity contribution in [2.45, 2.75) is 37.6 Å². The molecule has 8 heteroatoms. The summed E-state index contributed by atoms with van der Waals surface area (Å²) in [5.41, 5.74) is 1.06. The minimum atomic E-state index is -0.636. The molecule has 138 valence electrons. The Labute approximate surface area is 155 Å². The van der Waals surface area contributed by atoms with Gasteiger partial charge in [-0.25, -0.2) is 4.79 Å². The van der Waals surface area contributed by atoms with E-state index < -0.39 is 24.5 Å². The van der Waals surface area contributed by atoms with Crippen LogP contribution < -0.4 is 5.32 Å². The first-order chi connectivity index (χ1) is 12.3. The highest BCUT2D eigenvalue weighted by atomic mass is 32.2. The zero-order valence-corrected chi connectivity index (χ0v) is 15.4. The molecule has 0 aliphatic carbocycles. The third-order valence-electron chi connectivity index (χ3n) is 4.64. The van der Waals surface area contributed by atoms with Gasteiger partial charge in [-0.2, -0.15) is 0 Å². The molecule has 2 aliphatic rings. The third-order valence-corrected chi connectivity index (χ3v) is 6.14. The summed E-state index contributed by atoms with van der Waals surface area (Å²) in [4.78, 5) is 48.8. The molecule has 0 unspecified atom stereocenters. The van der Waals surface area contributed by atoms with Gasteiger partial charge < -0.3 is 15.0 Å². The van der Waals surface area contributed by atoms with Crippen molar-refractivity contribution in [3.8, 4) is 0 Å². The number of nitrogens with zero attached hydrogens (tertiary/aromatic N) is 1. The lowest BCUT2D eigenvalue weighted by Crippen LogP contribution is -2.47. The van der Waals surface area contributed by atoms with Crippen molar-refractivity contribution in [1.29, 1.82) is 0 Å². The lowest BCUT2D eigenvalue weighted by molar-refractivity contribution is -0.155. The highest BCUT2D eigenvalue weighted by molar-refractivity contribution is 8.01. The van der Waals surface area contributed by atoms with Crippen LogP contribution in [0.3, 0.4) is 0 Å². The van der Waals surface area contributed by atoms with Gasteiger partial charge in [0.15, 0.2) is 12.4 Å². The largest absolute Gasteiger partial charge is 0.454 e. The molecule has 0 bridgehead atoms. The normalized spacial score (nSPS) is 24.3. The molecule has 2 fully saturated rings. The van der Waals surface area contributed by atoms with Crippen LogP contribution in [0, 0.1) is 0 Å². The summed E-state index contributed by atoms with van der Waals surface area (Å²) < 4.78 is 5.11. The molecule has 0 spiro atoms. The number of amides is 2. The summed E-state index contributed by atoms with van der Waals surface area (Å²) in [5, 5.41) is 2.60. The second kappa shape index (κ2) is 7.11. The number of hydrogen-bond acceptors (Lipinski definition) is 6. The molecule has 2 atom stereocenters. The number of rotatable bonds is 5. The number of hydrogen-bond donors (Lipinski definition) is 1. The van der Waals surface area contributed by atoms with Gasteiger partial charge in [0, 0.05) is 23.4 Å². The predicted molar refractivity (Wildman–Crippen MR) is 96.8 cm³/mol. The number of thioether (sulfide) groups is 1. The third kappa shape index (κ3) is 3.60. The first-order valence-corrected chi connectivity index (χ1v) is 9.32. The zero-order valence-electron chi connectivity index (χ0n) is 14.6. The highest BCUT2D eigenvalue weighted by Gasteiger charge is 2.53. The average Bonchev–Trinajstić information content (AvgIpc) is 3.09. The standard InChI is InChI=1S/C18H20N2O5S/c1-11(21)12-3-5-13(6-4-12)19-15(22)9-25-17(24)14-10-26-18(2)8-7-16(23)20(14)18/h3-6,14H,7-10H2,1-2H3,(H,19,22)/t14-,18+/m0/s1. The Morgan fingerprint density at radius 3 is 2.65 bits per heavy atom. The number of fused-ring (bicyclic) bond motifs is 1. The Bertz CT molecular complexity index is 763. The number of esters is 1. The molecule has 3 rings (SSSR count). The molecule has 0 radical (unpaired) electrons. The number of anilines is 1. The van der Waals surface area contributed by atoms with E-state index in [-0.39, 0.29) is 16.6 Å². The van der Waals surface area contributed by atoms with Crippen molar-refractivity contribution in [2.75, 3.05) is 17.7 Å². The fraction of sp³-hybridized carbons (Fsp3) is 0.444. The lowest BCUT2D eigenvalue weighted by atomic mass is 10.1. The summed E-state index contributed by atoms with van der Waals surface area (Å²) in [6.07, 6.45) is 1.15. The SMILES string of the molecule is CC(=O)c1ccc(NC(=O)COC(=O)[C@@H]2CS[C@]3(C)CCC(=O)N23)cc1. The number of carbonyl (C=O) groups excluding carboxylic acids is 4. The minimum absolute atomic E-state index is 0.0468. The maximum Gasteiger partial charge on any atom is 0.330 e. The highest BCUT2D eigenvalue weighted by Crippen LogP contribution is 2.47. The monoisotopic (exact) mass is 376 g/mol. The fourth-order valence-corrected chi connectivity index (χ4v) is 4.63. The van der Waals surface area contributed by atoms with E-state index in [9.17, 15) is 19.2 Å². The zero-order chi connectivity index (χ0) is 18.9. The number of carbonyl (C=O) groups is 4. The quantitative estimate of drug-likeness (QED) is 0.622. The Morgan fingerprint density at radius 1 is 1.31 bits per heavy atom. The molecule has 7 nitrogen and oxygen atoms in total. The lowest BCUT2D eigenvalue weighted by Gasteiger charge is -2.29. The van der Waals surface area contributed by atoms with Crippen molar-refractivity contribution in [1.82, 2.24) is 4.90 Å². The first-order valence-electron chi connectivity index (χ1n) is 8.34. The smallest absolute Gasteiger partial charge is 0.330 e. The Hall–Kier alpha value is -2.35. The summed E-state index contributed by atoms with van der Waals surface area (Å²) in [7, 11) is 0. The van der Waals surface area contributed by atoms with Crippen LogP contribution in [0.5, 0.6) is 0 Å². The van der Waals surface area contributed by atoms with Gasteiger partial charge in [-0.05, 0) is 44.5 Å². The van der Waals surface area contributed by atoms with Gasteiger partial charge in [-0.1, -0.05) is 0 Å². The van der Waals surface area contributed by atoms with Gasteiger partial charge in [0.25, 0.3) is 5.91 Å². The van der Waals surface area contributed by atoms with Gasteiger partial charge in [-0.15, -0.1) is 11.8 Å². The molecule has 2 saturated heterocycles. The number of ether oxygens (including phenoxy) is 1. The van der Waals surface area contributed by atoms with Crippen molar-refractivity contribution < 1.29 is 23.9 Å². The van der Waals surface area contributed by atoms with Gasteiger partial charge in [-0.3, -0.25) is 14.4 Å². The molecule has 0 saturated carbocycles. The number of ketones is 1. The second-order valence-corrected chi connectivity index (χ2v) is 8.06. The number of benzene rings is 1. The molecule has 2 amide bonds. The van der Waals surface area contributed by atoms with Gasteiger partial charge >= 0.3 is 5.97 Å². The first kappa shape index (κ1) is 18.4. The average molecular weight is 376 g/mol. The summed E-state index contributed by atoms with van der Waals surface area (Å²) in [6.45, 7) is 2.99. The van der Waals surface area contributed by atoms with Crippen molar-refractivity contribution >= 4 is 41.0 Å². The van der Waals surface area contributed by atoms with Crippen LogP contribution in [0.25, 0.3) is 0 Å². The molecular weight excluding hydrogens is 356 g/mol. The Kier molecular flexibility index (Phi) is 5.04. The number of Topliss-reactive ketones (excluding diaryl/α,β-unsaturated/α-hetero) is 1. The minimum Gasteiger partial charge on any atom is -0.454 e. The van der Waals surface area contributed by atoms with Gasteiger partial charge in [0.1, 0.15) is 6.04 Å². The summed E-state index contributed by atoms with van der Waals surface area (Å²) in [5.74, 6) is -0.660. The van der Waals surface area contributed by atoms with E-state index in [4.69, 9.17) is 4.74 Å². The van der Waals surface area contributed by atoms with E-state index in [0.717, 1.165) is 6.42 Å². The van der Waals surface area contributed by atoms with Crippen LogP contribution in [-0.2, 0) is 19.1 Å². The van der Waals surface area contributed by atoms with Gasteiger partial charge in [0.2, 0.25) is 5.91 Å². The van der Waals surface area contributed by atoms with Crippen molar-refractivity contribution in [2.24, 2.45) is 0 Å². The van der Waals surface area contributed by atoms with E-state index in [1.807, 2.05) is 6.92 Å². The second-order valence-electron chi connectivity index (χ2n) is 6.55. The molecule has 2 aliphatic heterocycles. The van der Waals surface area contributed by atoms with Crippen molar-refractivity contribution in [3.63, 3.8) is 0 Å².